The molecule has 1 aliphatic heterocycles. The molecule has 2 rings (SSSR count). The number of benzene rings is 1. The van der Waals surface area contributed by atoms with Gasteiger partial charge in [-0.1, -0.05) is 56.7 Å². The van der Waals surface area contributed by atoms with Crippen molar-refractivity contribution in [1.29, 1.82) is 0 Å². The smallest absolute Gasteiger partial charge is 0.0635 e. The predicted octanol–water partition coefficient (Wildman–Crippen LogP) is 6.92. The van der Waals surface area contributed by atoms with E-state index in [9.17, 15) is 0 Å². The Hall–Kier alpha value is -1.38. The van der Waals surface area contributed by atoms with Gasteiger partial charge in [0.25, 0.3) is 0 Å². The molecule has 1 aliphatic rings. The summed E-state index contributed by atoms with van der Waals surface area (Å²) in [4.78, 5) is 7.52. The van der Waals surface area contributed by atoms with Crippen LogP contribution in [-0.4, -0.2) is 29.7 Å². The summed E-state index contributed by atoms with van der Waals surface area (Å²) in [7, 11) is 0. The molecule has 1 heterocycles. The van der Waals surface area contributed by atoms with Crippen LogP contribution in [0.1, 0.15) is 58.9 Å². The van der Waals surface area contributed by atoms with Crippen LogP contribution in [0.4, 0.5) is 5.69 Å². The summed E-state index contributed by atoms with van der Waals surface area (Å²) in [5.74, 6) is 0.292. The molecule has 0 bridgehead atoms. The lowest BCUT2D eigenvalue weighted by atomic mass is 10.0. The van der Waals surface area contributed by atoms with Crippen molar-refractivity contribution < 1.29 is 0 Å². The molecule has 3 heteroatoms. The number of hydrogen-bond acceptors (Lipinski definition) is 2. The Labute approximate surface area is 171 Å². The zero-order chi connectivity index (χ0) is 19.6. The summed E-state index contributed by atoms with van der Waals surface area (Å²) in [6, 6.07) is 9.06. The van der Waals surface area contributed by atoms with E-state index in [0.717, 1.165) is 55.2 Å². The average Bonchev–Trinajstić information content (AvgIpc) is 2.66. The molecule has 0 spiro atoms. The molecule has 1 aromatic rings. The third-order valence-corrected chi connectivity index (χ3v) is 5.78. The van der Waals surface area contributed by atoms with Crippen LogP contribution in [0.2, 0.25) is 0 Å². The third kappa shape index (κ3) is 7.27. The monoisotopic (exact) mass is 386 g/mol. The van der Waals surface area contributed by atoms with Gasteiger partial charge in [-0.05, 0) is 75.3 Å². The summed E-state index contributed by atoms with van der Waals surface area (Å²) in [6.07, 6.45) is 11.9. The maximum Gasteiger partial charge on any atom is 0.0635 e. The highest BCUT2D eigenvalue weighted by atomic mass is 35.5. The molecule has 0 radical (unpaired) electrons. The Morgan fingerprint density at radius 2 is 2.04 bits per heavy atom. The van der Waals surface area contributed by atoms with Gasteiger partial charge in [0.05, 0.1) is 5.69 Å². The highest BCUT2D eigenvalue weighted by Crippen LogP contribution is 2.24. The van der Waals surface area contributed by atoms with Crippen LogP contribution in [0.15, 0.2) is 52.5 Å². The van der Waals surface area contributed by atoms with Gasteiger partial charge in [0, 0.05) is 23.3 Å². The van der Waals surface area contributed by atoms with E-state index in [-0.39, 0.29) is 0 Å². The van der Waals surface area contributed by atoms with E-state index >= 15 is 0 Å². The van der Waals surface area contributed by atoms with Crippen molar-refractivity contribution in [3.05, 3.63) is 53.1 Å². The van der Waals surface area contributed by atoms with Crippen LogP contribution in [0.25, 0.3) is 0 Å². The van der Waals surface area contributed by atoms with Gasteiger partial charge in [0.15, 0.2) is 0 Å². The number of aliphatic imine (C=N–C) groups is 1. The molecule has 2 atom stereocenters. The highest BCUT2D eigenvalue weighted by molar-refractivity contribution is 6.30. The second-order valence-corrected chi connectivity index (χ2v) is 8.07. The zero-order valence-corrected chi connectivity index (χ0v) is 18.2. The first-order valence-corrected chi connectivity index (χ1v) is 10.8. The van der Waals surface area contributed by atoms with Gasteiger partial charge in [-0.2, -0.15) is 0 Å². The zero-order valence-electron chi connectivity index (χ0n) is 17.4. The van der Waals surface area contributed by atoms with E-state index in [2.05, 4.69) is 75.1 Å². The molecule has 27 heavy (non-hydrogen) atoms. The van der Waals surface area contributed by atoms with E-state index in [1.54, 1.807) is 0 Å². The molecule has 2 unspecified atom stereocenters. The normalized spacial score (nSPS) is 25.5. The standard InChI is InChI=1S/C24H35ClN2/c1-5-15-27-16-9-14-24(25)19(3)17-22(12-7-10-20(27)4)26-23-13-8-11-21(6-2)18-23/h7-8,11-14,18-20H,5-6,9-10,15-17H2,1-4H3/b12-7+,24-14?,26-22?. The SMILES string of the molecule is CCCN1CCC=C(Cl)C(C)CC(=Nc2cccc(CC)c2)/C=C/CC1C. The average molecular weight is 387 g/mol. The van der Waals surface area contributed by atoms with Crippen LogP contribution < -0.4 is 0 Å². The Bertz CT molecular complexity index is 675. The van der Waals surface area contributed by atoms with Gasteiger partial charge in [-0.3, -0.25) is 4.99 Å². The minimum absolute atomic E-state index is 0.292. The van der Waals surface area contributed by atoms with E-state index in [1.165, 1.54) is 12.0 Å². The van der Waals surface area contributed by atoms with Crippen molar-refractivity contribution in [3.63, 3.8) is 0 Å². The van der Waals surface area contributed by atoms with Crippen LogP contribution in [0.3, 0.4) is 0 Å². The third-order valence-electron chi connectivity index (χ3n) is 5.25. The molecule has 0 saturated heterocycles. The van der Waals surface area contributed by atoms with Gasteiger partial charge >= 0.3 is 0 Å². The molecule has 0 aliphatic carbocycles. The molecule has 0 saturated carbocycles. The fourth-order valence-corrected chi connectivity index (χ4v) is 3.72. The Morgan fingerprint density at radius 3 is 2.78 bits per heavy atom. The maximum absolute atomic E-state index is 6.60. The molecule has 148 valence electrons. The van der Waals surface area contributed by atoms with E-state index in [1.807, 2.05) is 0 Å². The summed E-state index contributed by atoms with van der Waals surface area (Å²) in [5.41, 5.74) is 3.47. The topological polar surface area (TPSA) is 15.6 Å². The lowest BCUT2D eigenvalue weighted by molar-refractivity contribution is 0.213. The first-order valence-electron chi connectivity index (χ1n) is 10.5. The second-order valence-electron chi connectivity index (χ2n) is 7.63. The molecule has 0 aromatic heterocycles. The highest BCUT2D eigenvalue weighted by Gasteiger charge is 2.14. The van der Waals surface area contributed by atoms with Crippen molar-refractivity contribution in [2.75, 3.05) is 13.1 Å². The number of aryl methyl sites for hydroxylation is 1. The lowest BCUT2D eigenvalue weighted by Gasteiger charge is -2.28. The first-order chi connectivity index (χ1) is 13.0. The summed E-state index contributed by atoms with van der Waals surface area (Å²) in [5, 5.41) is 0.961. The van der Waals surface area contributed by atoms with Crippen LogP contribution in [0.5, 0.6) is 0 Å². The van der Waals surface area contributed by atoms with E-state index in [4.69, 9.17) is 16.6 Å². The largest absolute Gasteiger partial charge is 0.300 e. The summed E-state index contributed by atoms with van der Waals surface area (Å²) in [6.45, 7) is 11.2. The summed E-state index contributed by atoms with van der Waals surface area (Å²) < 4.78 is 0. The second kappa shape index (κ2) is 11.5. The van der Waals surface area contributed by atoms with Crippen molar-refractivity contribution in [2.45, 2.75) is 65.8 Å². The Kier molecular flexibility index (Phi) is 9.30. The van der Waals surface area contributed by atoms with Crippen LogP contribution in [-0.2, 0) is 6.42 Å². The quantitative estimate of drug-likeness (QED) is 0.548. The van der Waals surface area contributed by atoms with E-state index in [0.29, 0.717) is 12.0 Å². The number of hydrogen-bond donors (Lipinski definition) is 0. The number of halogens is 1. The van der Waals surface area contributed by atoms with Crippen molar-refractivity contribution in [3.8, 4) is 0 Å². The minimum atomic E-state index is 0.292. The van der Waals surface area contributed by atoms with E-state index < -0.39 is 0 Å². The molecule has 0 fully saturated rings. The molecule has 2 nitrogen and oxygen atoms in total. The van der Waals surface area contributed by atoms with Gasteiger partial charge in [0.1, 0.15) is 0 Å². The number of rotatable bonds is 4. The maximum atomic E-state index is 6.60. The molecule has 0 N–H and O–H groups in total. The van der Waals surface area contributed by atoms with Gasteiger partial charge in [0.2, 0.25) is 0 Å². The molecule has 1 aromatic carbocycles. The fourth-order valence-electron chi connectivity index (χ4n) is 3.53. The van der Waals surface area contributed by atoms with Gasteiger partial charge < -0.3 is 4.90 Å². The number of allylic oxidation sites excluding steroid dienone is 2. The molecular weight excluding hydrogens is 352 g/mol. The lowest BCUT2D eigenvalue weighted by Crippen LogP contribution is -2.34. The van der Waals surface area contributed by atoms with Crippen molar-refractivity contribution in [2.24, 2.45) is 10.9 Å². The van der Waals surface area contributed by atoms with Crippen LogP contribution >= 0.6 is 11.6 Å². The van der Waals surface area contributed by atoms with Crippen molar-refractivity contribution in [1.82, 2.24) is 4.90 Å². The Balaban J connectivity index is 2.27. The minimum Gasteiger partial charge on any atom is -0.300 e. The molecular formula is C24H35ClN2. The summed E-state index contributed by atoms with van der Waals surface area (Å²) >= 11 is 6.60. The number of nitrogens with zero attached hydrogens (tertiary/aromatic N) is 2. The van der Waals surface area contributed by atoms with Gasteiger partial charge in [-0.15, -0.1) is 0 Å². The fraction of sp³-hybridized carbons (Fsp3) is 0.542. The van der Waals surface area contributed by atoms with Crippen LogP contribution in [0, 0.1) is 5.92 Å². The first kappa shape index (κ1) is 21.9. The predicted molar refractivity (Wildman–Crippen MR) is 120 cm³/mol. The Morgan fingerprint density at radius 1 is 1.22 bits per heavy atom. The van der Waals surface area contributed by atoms with Gasteiger partial charge in [-0.25, -0.2) is 0 Å². The van der Waals surface area contributed by atoms with Crippen molar-refractivity contribution >= 4 is 23.0 Å². The molecule has 0 amide bonds.